The third-order valence-corrected chi connectivity index (χ3v) is 5.05. The molecule has 0 radical (unpaired) electrons. The number of hydrogen-bond acceptors (Lipinski definition) is 5. The first-order valence-corrected chi connectivity index (χ1v) is 8.80. The first-order valence-electron chi connectivity index (χ1n) is 8.80. The van der Waals surface area contributed by atoms with Crippen LogP contribution in [0, 0.1) is 6.92 Å². The topological polar surface area (TPSA) is 58.8 Å². The van der Waals surface area contributed by atoms with E-state index in [1.807, 2.05) is 43.3 Å². The second-order valence-corrected chi connectivity index (χ2v) is 7.07. The molecule has 4 rings (SSSR count). The van der Waals surface area contributed by atoms with Gasteiger partial charge in [0.25, 0.3) is 0 Å². The van der Waals surface area contributed by atoms with E-state index in [-0.39, 0.29) is 11.5 Å². The summed E-state index contributed by atoms with van der Waals surface area (Å²) in [6, 6.07) is 11.9. The molecular weight excluding hydrogens is 318 g/mol. The summed E-state index contributed by atoms with van der Waals surface area (Å²) in [6.07, 6.45) is 2.21. The Morgan fingerprint density at radius 2 is 1.92 bits per heavy atom. The monoisotopic (exact) mass is 341 g/mol. The standard InChI is InChI=1S/C19H23N3O3/c1-15-11-17(20-24-15)14-21-9-7-19(8-10-21)12-18(23)22(25-19)13-16-5-3-2-4-6-16/h2-6,11H,7-10,12-14H2,1H3. The lowest BCUT2D eigenvalue weighted by Gasteiger charge is -2.37. The van der Waals surface area contributed by atoms with Gasteiger partial charge in [0.05, 0.1) is 18.7 Å². The maximum Gasteiger partial charge on any atom is 0.249 e. The van der Waals surface area contributed by atoms with Crippen LogP contribution in [-0.4, -0.2) is 39.7 Å². The van der Waals surface area contributed by atoms with Crippen molar-refractivity contribution in [1.29, 1.82) is 0 Å². The molecule has 0 unspecified atom stereocenters. The van der Waals surface area contributed by atoms with Crippen LogP contribution in [0.3, 0.4) is 0 Å². The van der Waals surface area contributed by atoms with Crippen LogP contribution in [0.15, 0.2) is 40.9 Å². The summed E-state index contributed by atoms with van der Waals surface area (Å²) >= 11 is 0. The zero-order valence-electron chi connectivity index (χ0n) is 14.5. The number of carbonyl (C=O) groups excluding carboxylic acids is 1. The van der Waals surface area contributed by atoms with E-state index in [1.54, 1.807) is 5.06 Å². The quantitative estimate of drug-likeness (QED) is 0.856. The third-order valence-electron chi connectivity index (χ3n) is 5.05. The van der Waals surface area contributed by atoms with Gasteiger partial charge in [0, 0.05) is 25.7 Å². The number of amides is 1. The minimum Gasteiger partial charge on any atom is -0.361 e. The molecule has 25 heavy (non-hydrogen) atoms. The normalized spacial score (nSPS) is 20.5. The first kappa shape index (κ1) is 16.3. The zero-order valence-corrected chi connectivity index (χ0v) is 14.5. The Kier molecular flexibility index (Phi) is 4.31. The molecule has 0 atom stereocenters. The van der Waals surface area contributed by atoms with Gasteiger partial charge in [-0.15, -0.1) is 0 Å². The fourth-order valence-corrected chi connectivity index (χ4v) is 3.66. The Bertz CT molecular complexity index is 735. The number of likely N-dealkylation sites (tertiary alicyclic amines) is 1. The van der Waals surface area contributed by atoms with Crippen molar-refractivity contribution in [3.8, 4) is 0 Å². The number of aromatic nitrogens is 1. The molecule has 6 heteroatoms. The van der Waals surface area contributed by atoms with Crippen LogP contribution in [-0.2, 0) is 22.7 Å². The molecule has 2 aliphatic heterocycles. The van der Waals surface area contributed by atoms with Crippen LogP contribution in [0.1, 0.15) is 36.3 Å². The summed E-state index contributed by atoms with van der Waals surface area (Å²) in [5.41, 5.74) is 1.72. The first-order chi connectivity index (χ1) is 12.1. The lowest BCUT2D eigenvalue weighted by molar-refractivity contribution is -0.214. The molecule has 1 aromatic carbocycles. The zero-order chi connectivity index (χ0) is 17.3. The van der Waals surface area contributed by atoms with Gasteiger partial charge in [0.15, 0.2) is 0 Å². The van der Waals surface area contributed by atoms with Crippen molar-refractivity contribution in [3.05, 3.63) is 53.4 Å². The van der Waals surface area contributed by atoms with E-state index in [2.05, 4.69) is 10.1 Å². The van der Waals surface area contributed by atoms with E-state index in [4.69, 9.17) is 9.36 Å². The van der Waals surface area contributed by atoms with E-state index < -0.39 is 0 Å². The summed E-state index contributed by atoms with van der Waals surface area (Å²) in [5, 5.41) is 5.61. The molecule has 132 valence electrons. The molecule has 0 saturated carbocycles. The Morgan fingerprint density at radius 1 is 1.16 bits per heavy atom. The Hall–Kier alpha value is -2.18. The van der Waals surface area contributed by atoms with Gasteiger partial charge in [-0.3, -0.25) is 14.5 Å². The summed E-state index contributed by atoms with van der Waals surface area (Å²) < 4.78 is 5.13. The van der Waals surface area contributed by atoms with Crippen LogP contribution in [0.2, 0.25) is 0 Å². The van der Waals surface area contributed by atoms with Crippen molar-refractivity contribution >= 4 is 5.91 Å². The number of carbonyl (C=O) groups is 1. The lowest BCUT2D eigenvalue weighted by Crippen LogP contribution is -2.44. The fraction of sp³-hybridized carbons (Fsp3) is 0.474. The van der Waals surface area contributed by atoms with Crippen molar-refractivity contribution in [3.63, 3.8) is 0 Å². The van der Waals surface area contributed by atoms with Crippen LogP contribution in [0.4, 0.5) is 0 Å². The predicted octanol–water partition coefficient (Wildman–Crippen LogP) is 2.68. The third kappa shape index (κ3) is 3.60. The summed E-state index contributed by atoms with van der Waals surface area (Å²) in [7, 11) is 0. The second kappa shape index (κ2) is 6.61. The van der Waals surface area contributed by atoms with Crippen LogP contribution in [0.5, 0.6) is 0 Å². The van der Waals surface area contributed by atoms with E-state index in [9.17, 15) is 4.79 Å². The van der Waals surface area contributed by atoms with Gasteiger partial charge in [-0.25, -0.2) is 5.06 Å². The van der Waals surface area contributed by atoms with Crippen molar-refractivity contribution in [2.75, 3.05) is 13.1 Å². The minimum absolute atomic E-state index is 0.0874. The van der Waals surface area contributed by atoms with Crippen molar-refractivity contribution in [2.45, 2.75) is 44.9 Å². The van der Waals surface area contributed by atoms with Gasteiger partial charge in [0.2, 0.25) is 5.91 Å². The molecule has 2 fully saturated rings. The highest BCUT2D eigenvalue weighted by atomic mass is 16.7. The van der Waals surface area contributed by atoms with E-state index in [0.717, 1.165) is 49.5 Å². The smallest absolute Gasteiger partial charge is 0.249 e. The molecule has 2 aromatic rings. The highest BCUT2D eigenvalue weighted by Gasteiger charge is 2.46. The highest BCUT2D eigenvalue weighted by molar-refractivity contribution is 5.78. The largest absolute Gasteiger partial charge is 0.361 e. The van der Waals surface area contributed by atoms with Crippen LogP contribution in [0.25, 0.3) is 0 Å². The second-order valence-electron chi connectivity index (χ2n) is 7.07. The van der Waals surface area contributed by atoms with Gasteiger partial charge in [-0.05, 0) is 25.3 Å². The van der Waals surface area contributed by atoms with Crippen LogP contribution >= 0.6 is 0 Å². The number of nitrogens with zero attached hydrogens (tertiary/aromatic N) is 3. The fourth-order valence-electron chi connectivity index (χ4n) is 3.66. The average molecular weight is 341 g/mol. The highest BCUT2D eigenvalue weighted by Crippen LogP contribution is 2.37. The number of aryl methyl sites for hydroxylation is 1. The molecule has 1 aromatic heterocycles. The summed E-state index contributed by atoms with van der Waals surface area (Å²) in [4.78, 5) is 20.9. The summed E-state index contributed by atoms with van der Waals surface area (Å²) in [6.45, 7) is 5.01. The molecule has 0 aliphatic carbocycles. The van der Waals surface area contributed by atoms with Gasteiger partial charge in [-0.1, -0.05) is 35.5 Å². The molecule has 0 N–H and O–H groups in total. The molecule has 6 nitrogen and oxygen atoms in total. The van der Waals surface area contributed by atoms with Gasteiger partial charge >= 0.3 is 0 Å². The lowest BCUT2D eigenvalue weighted by atomic mass is 9.88. The van der Waals surface area contributed by atoms with Gasteiger partial charge < -0.3 is 4.52 Å². The van der Waals surface area contributed by atoms with E-state index in [1.165, 1.54) is 0 Å². The maximum atomic E-state index is 12.4. The van der Waals surface area contributed by atoms with Crippen molar-refractivity contribution < 1.29 is 14.2 Å². The van der Waals surface area contributed by atoms with Crippen molar-refractivity contribution in [2.24, 2.45) is 0 Å². The van der Waals surface area contributed by atoms with Crippen LogP contribution < -0.4 is 0 Å². The number of benzene rings is 1. The van der Waals surface area contributed by atoms with Crippen molar-refractivity contribution in [1.82, 2.24) is 15.1 Å². The molecule has 2 aliphatic rings. The van der Waals surface area contributed by atoms with Gasteiger partial charge in [-0.2, -0.15) is 0 Å². The average Bonchev–Trinajstić information content (AvgIpc) is 3.15. The molecule has 0 bridgehead atoms. The summed E-state index contributed by atoms with van der Waals surface area (Å²) in [5.74, 6) is 0.925. The Morgan fingerprint density at radius 3 is 2.60 bits per heavy atom. The molecule has 3 heterocycles. The predicted molar refractivity (Wildman–Crippen MR) is 91.2 cm³/mol. The Labute approximate surface area is 147 Å². The maximum absolute atomic E-state index is 12.4. The van der Waals surface area contributed by atoms with E-state index in [0.29, 0.717) is 13.0 Å². The number of hydroxylamine groups is 2. The van der Waals surface area contributed by atoms with Gasteiger partial charge in [0.1, 0.15) is 11.4 Å². The molecule has 1 spiro atoms. The Balaban J connectivity index is 1.34. The molecule has 2 saturated heterocycles. The number of hydrogen-bond donors (Lipinski definition) is 0. The van der Waals surface area contributed by atoms with E-state index >= 15 is 0 Å². The molecular formula is C19H23N3O3. The number of piperidine rings is 1. The number of rotatable bonds is 4. The molecule has 1 amide bonds. The minimum atomic E-state index is -0.331. The SMILES string of the molecule is Cc1cc(CN2CCC3(CC2)CC(=O)N(Cc2ccccc2)O3)no1.